The van der Waals surface area contributed by atoms with Gasteiger partial charge >= 0.3 is 0 Å². The van der Waals surface area contributed by atoms with E-state index in [0.29, 0.717) is 10.8 Å². The molecule has 0 aliphatic carbocycles. The molecule has 2 heterocycles. The van der Waals surface area contributed by atoms with Crippen LogP contribution in [0.1, 0.15) is 16.7 Å². The molecule has 3 aromatic rings. The first kappa shape index (κ1) is 14.6. The second kappa shape index (κ2) is 5.81. The molecule has 112 valence electrons. The van der Waals surface area contributed by atoms with Gasteiger partial charge in [0.1, 0.15) is 11.4 Å². The monoisotopic (exact) mass is 314 g/mol. The predicted molar refractivity (Wildman–Crippen MR) is 87.3 cm³/mol. The number of pyridine rings is 1. The SMILES string of the molecule is Cc1ccnc(NC(=O)Cc2coc3cc(C)c(Cl)cc23)c1. The van der Waals surface area contributed by atoms with Gasteiger partial charge in [0.25, 0.3) is 0 Å². The van der Waals surface area contributed by atoms with E-state index in [0.717, 1.165) is 27.7 Å². The molecule has 0 atom stereocenters. The highest BCUT2D eigenvalue weighted by molar-refractivity contribution is 6.32. The van der Waals surface area contributed by atoms with Crippen LogP contribution in [0.3, 0.4) is 0 Å². The number of rotatable bonds is 3. The van der Waals surface area contributed by atoms with Crippen molar-refractivity contribution < 1.29 is 9.21 Å². The summed E-state index contributed by atoms with van der Waals surface area (Å²) in [5, 5.41) is 4.31. The number of aromatic nitrogens is 1. The minimum atomic E-state index is -0.141. The van der Waals surface area contributed by atoms with Crippen LogP contribution >= 0.6 is 11.6 Å². The highest BCUT2D eigenvalue weighted by Gasteiger charge is 2.12. The second-order valence-corrected chi connectivity index (χ2v) is 5.71. The van der Waals surface area contributed by atoms with Crippen molar-refractivity contribution in [2.24, 2.45) is 0 Å². The molecule has 0 aliphatic rings. The van der Waals surface area contributed by atoms with Gasteiger partial charge in [-0.3, -0.25) is 4.79 Å². The Balaban J connectivity index is 1.81. The number of hydrogen-bond acceptors (Lipinski definition) is 3. The maximum absolute atomic E-state index is 12.2. The summed E-state index contributed by atoms with van der Waals surface area (Å²) >= 11 is 6.15. The van der Waals surface area contributed by atoms with Crippen LogP contribution in [0.15, 0.2) is 41.1 Å². The fraction of sp³-hybridized carbons (Fsp3) is 0.176. The summed E-state index contributed by atoms with van der Waals surface area (Å²) in [6.45, 7) is 3.87. The van der Waals surface area contributed by atoms with E-state index < -0.39 is 0 Å². The number of nitrogens with one attached hydrogen (secondary N) is 1. The molecule has 1 amide bonds. The number of benzene rings is 1. The lowest BCUT2D eigenvalue weighted by Crippen LogP contribution is -2.15. The van der Waals surface area contributed by atoms with E-state index in [4.69, 9.17) is 16.0 Å². The molecule has 0 aliphatic heterocycles. The first-order chi connectivity index (χ1) is 10.5. The number of aryl methyl sites for hydroxylation is 2. The second-order valence-electron chi connectivity index (χ2n) is 5.30. The van der Waals surface area contributed by atoms with E-state index in [9.17, 15) is 4.79 Å². The molecule has 0 saturated heterocycles. The molecular formula is C17H15ClN2O2. The minimum Gasteiger partial charge on any atom is -0.464 e. The van der Waals surface area contributed by atoms with Gasteiger partial charge < -0.3 is 9.73 Å². The fourth-order valence-corrected chi connectivity index (χ4v) is 2.47. The number of hydrogen-bond donors (Lipinski definition) is 1. The zero-order valence-corrected chi connectivity index (χ0v) is 13.1. The van der Waals surface area contributed by atoms with Crippen LogP contribution in [0.4, 0.5) is 5.82 Å². The Kier molecular flexibility index (Phi) is 3.86. The van der Waals surface area contributed by atoms with Gasteiger partial charge in [-0.2, -0.15) is 0 Å². The quantitative estimate of drug-likeness (QED) is 0.785. The van der Waals surface area contributed by atoms with Crippen LogP contribution in [-0.2, 0) is 11.2 Å². The molecule has 0 unspecified atom stereocenters. The first-order valence-electron chi connectivity index (χ1n) is 6.91. The normalized spacial score (nSPS) is 10.9. The van der Waals surface area contributed by atoms with Crippen molar-refractivity contribution in [3.8, 4) is 0 Å². The lowest BCUT2D eigenvalue weighted by Gasteiger charge is -2.04. The first-order valence-corrected chi connectivity index (χ1v) is 7.29. The zero-order valence-electron chi connectivity index (χ0n) is 12.3. The lowest BCUT2D eigenvalue weighted by atomic mass is 10.1. The molecule has 1 N–H and O–H groups in total. The number of anilines is 1. The molecule has 4 nitrogen and oxygen atoms in total. The van der Waals surface area contributed by atoms with E-state index >= 15 is 0 Å². The molecule has 1 aromatic carbocycles. The Morgan fingerprint density at radius 1 is 1.32 bits per heavy atom. The van der Waals surface area contributed by atoms with Gasteiger partial charge in [0, 0.05) is 22.2 Å². The number of halogens is 1. The minimum absolute atomic E-state index is 0.141. The number of amides is 1. The van der Waals surface area contributed by atoms with Crippen LogP contribution in [0, 0.1) is 13.8 Å². The van der Waals surface area contributed by atoms with Gasteiger partial charge in [-0.05, 0) is 49.2 Å². The predicted octanol–water partition coefficient (Wildman–Crippen LogP) is 4.28. The van der Waals surface area contributed by atoms with E-state index in [2.05, 4.69) is 10.3 Å². The summed E-state index contributed by atoms with van der Waals surface area (Å²) in [6.07, 6.45) is 3.48. The van der Waals surface area contributed by atoms with Gasteiger partial charge in [0.2, 0.25) is 5.91 Å². The van der Waals surface area contributed by atoms with Crippen molar-refractivity contribution in [3.05, 3.63) is 58.4 Å². The fourth-order valence-electron chi connectivity index (χ4n) is 2.30. The van der Waals surface area contributed by atoms with Crippen molar-refractivity contribution in [1.82, 2.24) is 4.98 Å². The molecule has 22 heavy (non-hydrogen) atoms. The number of carbonyl (C=O) groups is 1. The summed E-state index contributed by atoms with van der Waals surface area (Å²) in [5.74, 6) is 0.407. The Bertz CT molecular complexity index is 855. The standard InChI is InChI=1S/C17H15ClN2O2/c1-10-3-4-19-16(5-10)20-17(21)7-12-9-22-15-6-11(2)14(18)8-13(12)15/h3-6,8-9H,7H2,1-2H3,(H,19,20,21). The van der Waals surface area contributed by atoms with Crippen LogP contribution < -0.4 is 5.32 Å². The van der Waals surface area contributed by atoms with Crippen LogP contribution in [0.2, 0.25) is 5.02 Å². The number of furan rings is 1. The van der Waals surface area contributed by atoms with Crippen molar-refractivity contribution >= 4 is 34.3 Å². The molecule has 2 aromatic heterocycles. The Morgan fingerprint density at radius 3 is 2.91 bits per heavy atom. The van der Waals surface area contributed by atoms with Crippen LogP contribution in [0.25, 0.3) is 11.0 Å². The third-order valence-electron chi connectivity index (χ3n) is 3.47. The number of fused-ring (bicyclic) bond motifs is 1. The Morgan fingerprint density at radius 2 is 2.14 bits per heavy atom. The maximum atomic E-state index is 12.2. The molecule has 0 bridgehead atoms. The summed E-state index contributed by atoms with van der Waals surface area (Å²) in [5.41, 5.74) is 3.53. The third-order valence-corrected chi connectivity index (χ3v) is 3.88. The van der Waals surface area contributed by atoms with Crippen LogP contribution in [0.5, 0.6) is 0 Å². The molecule has 0 fully saturated rings. The van der Waals surface area contributed by atoms with Gasteiger partial charge in [-0.1, -0.05) is 11.6 Å². The van der Waals surface area contributed by atoms with Gasteiger partial charge in [-0.25, -0.2) is 4.98 Å². The van der Waals surface area contributed by atoms with Gasteiger partial charge in [0.15, 0.2) is 0 Å². The van der Waals surface area contributed by atoms with Crippen LogP contribution in [-0.4, -0.2) is 10.9 Å². The van der Waals surface area contributed by atoms with E-state index in [-0.39, 0.29) is 12.3 Å². The largest absolute Gasteiger partial charge is 0.464 e. The highest BCUT2D eigenvalue weighted by Crippen LogP contribution is 2.28. The van der Waals surface area contributed by atoms with E-state index in [1.54, 1.807) is 12.5 Å². The summed E-state index contributed by atoms with van der Waals surface area (Å²) in [4.78, 5) is 16.3. The third kappa shape index (κ3) is 2.97. The van der Waals surface area contributed by atoms with E-state index in [1.807, 2.05) is 38.1 Å². The van der Waals surface area contributed by atoms with Crippen molar-refractivity contribution in [3.63, 3.8) is 0 Å². The van der Waals surface area contributed by atoms with Crippen molar-refractivity contribution in [1.29, 1.82) is 0 Å². The number of nitrogens with zero attached hydrogens (tertiary/aromatic N) is 1. The average Bonchev–Trinajstić information content (AvgIpc) is 2.81. The van der Waals surface area contributed by atoms with Crippen molar-refractivity contribution in [2.75, 3.05) is 5.32 Å². The van der Waals surface area contributed by atoms with Gasteiger partial charge in [-0.15, -0.1) is 0 Å². The Hall–Kier alpha value is -2.33. The molecule has 3 rings (SSSR count). The summed E-state index contributed by atoms with van der Waals surface area (Å²) < 4.78 is 5.50. The summed E-state index contributed by atoms with van der Waals surface area (Å²) in [6, 6.07) is 7.42. The summed E-state index contributed by atoms with van der Waals surface area (Å²) in [7, 11) is 0. The topological polar surface area (TPSA) is 55.1 Å². The maximum Gasteiger partial charge on any atom is 0.230 e. The smallest absolute Gasteiger partial charge is 0.230 e. The highest BCUT2D eigenvalue weighted by atomic mass is 35.5. The Labute approximate surface area is 133 Å². The molecule has 0 saturated carbocycles. The number of carbonyl (C=O) groups excluding carboxylic acids is 1. The molecule has 0 radical (unpaired) electrons. The van der Waals surface area contributed by atoms with Crippen molar-refractivity contribution in [2.45, 2.75) is 20.3 Å². The zero-order chi connectivity index (χ0) is 15.7. The van der Waals surface area contributed by atoms with Gasteiger partial charge in [0.05, 0.1) is 12.7 Å². The molecule has 0 spiro atoms. The van der Waals surface area contributed by atoms with E-state index in [1.165, 1.54) is 0 Å². The molecular weight excluding hydrogens is 300 g/mol. The lowest BCUT2D eigenvalue weighted by molar-refractivity contribution is -0.115. The average molecular weight is 315 g/mol. The molecule has 5 heteroatoms.